The Hall–Kier alpha value is -3.81. The fourth-order valence-corrected chi connectivity index (χ4v) is 4.47. The summed E-state index contributed by atoms with van der Waals surface area (Å²) in [6.45, 7) is 0.0155. The van der Waals surface area contributed by atoms with Gasteiger partial charge in [-0.1, -0.05) is 6.07 Å². The van der Waals surface area contributed by atoms with E-state index in [1.54, 1.807) is 0 Å². The average molecular weight is 508 g/mol. The lowest BCUT2D eigenvalue weighted by atomic mass is 9.99. The van der Waals surface area contributed by atoms with E-state index in [1.165, 1.54) is 29.4 Å². The van der Waals surface area contributed by atoms with E-state index in [9.17, 15) is 31.9 Å². The lowest BCUT2D eigenvalue weighted by Gasteiger charge is -2.33. The van der Waals surface area contributed by atoms with Crippen molar-refractivity contribution in [3.05, 3.63) is 70.7 Å². The van der Waals surface area contributed by atoms with Crippen LogP contribution in [0.2, 0.25) is 0 Å². The fraction of sp³-hybridized carbons (Fsp3) is 0.364. The van der Waals surface area contributed by atoms with Crippen molar-refractivity contribution in [3.8, 4) is 0 Å². The Labute approximate surface area is 198 Å². The summed E-state index contributed by atoms with van der Waals surface area (Å²) in [4.78, 5) is 25.6. The van der Waals surface area contributed by atoms with E-state index in [0.29, 0.717) is 11.4 Å². The highest BCUT2D eigenvalue weighted by molar-refractivity contribution is 5.93. The van der Waals surface area contributed by atoms with Crippen LogP contribution in [0.3, 0.4) is 0 Å². The molecule has 1 saturated carbocycles. The van der Waals surface area contributed by atoms with Gasteiger partial charge in [-0.25, -0.2) is 23.3 Å². The molecule has 14 heteroatoms. The molecule has 0 bridgehead atoms. The molecule has 0 saturated heterocycles. The lowest BCUT2D eigenvalue weighted by molar-refractivity contribution is -0.142. The van der Waals surface area contributed by atoms with Crippen LogP contribution >= 0.6 is 0 Å². The largest absolute Gasteiger partial charge is 0.433 e. The molecule has 9 nitrogen and oxygen atoms in total. The number of aromatic amines is 1. The van der Waals surface area contributed by atoms with Crippen LogP contribution in [0.4, 0.5) is 22.0 Å². The number of nitrogens with one attached hydrogen (secondary N) is 1. The number of halogens is 5. The number of imidazole rings is 1. The average Bonchev–Trinajstić information content (AvgIpc) is 3.24. The maximum absolute atomic E-state index is 13.8. The van der Waals surface area contributed by atoms with E-state index in [4.69, 9.17) is 4.42 Å². The minimum Gasteiger partial charge on any atom is -0.432 e. The van der Waals surface area contributed by atoms with Crippen LogP contribution in [0.25, 0.3) is 5.52 Å². The fourth-order valence-electron chi connectivity index (χ4n) is 4.47. The number of carbonyl (C=O) groups is 1. The Morgan fingerprint density at radius 3 is 2.75 bits per heavy atom. The van der Waals surface area contributed by atoms with E-state index >= 15 is 0 Å². The summed E-state index contributed by atoms with van der Waals surface area (Å²) in [5, 5.41) is 14.4. The molecule has 5 heterocycles. The van der Waals surface area contributed by atoms with Crippen molar-refractivity contribution in [1.82, 2.24) is 29.5 Å². The van der Waals surface area contributed by atoms with Gasteiger partial charge >= 0.3 is 6.18 Å². The highest BCUT2D eigenvalue weighted by Crippen LogP contribution is 2.46. The van der Waals surface area contributed by atoms with E-state index in [1.807, 2.05) is 0 Å². The van der Waals surface area contributed by atoms with Crippen molar-refractivity contribution in [1.29, 1.82) is 0 Å². The van der Waals surface area contributed by atoms with E-state index in [0.717, 1.165) is 10.6 Å². The number of rotatable bonds is 4. The molecule has 0 aromatic carbocycles. The summed E-state index contributed by atoms with van der Waals surface area (Å²) >= 11 is 0. The molecule has 0 radical (unpaired) electrons. The zero-order chi connectivity index (χ0) is 25.4. The third-order valence-corrected chi connectivity index (χ3v) is 6.44. The SMILES string of the molecule is O=C(c1oc(C2(O)CC2)nc1C(F)F)N1CCc2[nH]cnc2C1c1cc2cccc(C(F)(F)F)n2n1. The summed E-state index contributed by atoms with van der Waals surface area (Å²) in [6.07, 6.45) is -5.66. The Morgan fingerprint density at radius 2 is 2.06 bits per heavy atom. The quantitative estimate of drug-likeness (QED) is 0.406. The molecule has 188 valence electrons. The van der Waals surface area contributed by atoms with Gasteiger partial charge in [-0.3, -0.25) is 4.79 Å². The smallest absolute Gasteiger partial charge is 0.432 e. The van der Waals surface area contributed by atoms with Gasteiger partial charge in [-0.2, -0.15) is 18.3 Å². The summed E-state index contributed by atoms with van der Waals surface area (Å²) in [5.41, 5.74) is -2.26. The third-order valence-electron chi connectivity index (χ3n) is 6.44. The van der Waals surface area contributed by atoms with E-state index < -0.39 is 47.3 Å². The second-order valence-corrected chi connectivity index (χ2v) is 8.80. The highest BCUT2D eigenvalue weighted by atomic mass is 19.4. The molecular weight excluding hydrogens is 491 g/mol. The van der Waals surface area contributed by atoms with Crippen LogP contribution in [-0.4, -0.2) is 47.0 Å². The number of alkyl halides is 5. The minimum atomic E-state index is -4.69. The predicted molar refractivity (Wildman–Crippen MR) is 110 cm³/mol. The number of oxazole rings is 1. The second-order valence-electron chi connectivity index (χ2n) is 8.80. The topological polar surface area (TPSA) is 113 Å². The molecule has 2 N–H and O–H groups in total. The molecule has 1 atom stereocenters. The first-order valence-corrected chi connectivity index (χ1v) is 11.0. The molecule has 1 unspecified atom stereocenters. The molecule has 6 rings (SSSR count). The van der Waals surface area contributed by atoms with Gasteiger partial charge in [-0.15, -0.1) is 0 Å². The first-order valence-electron chi connectivity index (χ1n) is 11.0. The molecule has 4 aromatic rings. The molecule has 1 aliphatic carbocycles. The van der Waals surface area contributed by atoms with Gasteiger partial charge in [0.15, 0.2) is 5.69 Å². The number of hydrogen-bond donors (Lipinski definition) is 2. The normalized spacial score (nSPS) is 19.2. The standard InChI is InChI=1S/C22H17F5N6O3/c23-18(24)15-17(36-20(30-15)21(35)5-6-21)19(34)32-7-4-11-14(29-9-28-11)16(32)12-8-10-2-1-3-13(22(25,26)27)33(10)31-12/h1-3,8-9,16,18,35H,4-7H2,(H,28,29). The molecule has 1 amide bonds. The Balaban J connectivity index is 1.47. The number of H-pyrrole nitrogens is 1. The summed E-state index contributed by atoms with van der Waals surface area (Å²) in [7, 11) is 0. The molecule has 2 aliphatic rings. The van der Waals surface area contributed by atoms with Crippen LogP contribution < -0.4 is 0 Å². The third kappa shape index (κ3) is 3.46. The maximum atomic E-state index is 13.8. The van der Waals surface area contributed by atoms with Crippen LogP contribution in [0, 0.1) is 0 Å². The number of hydrogen-bond acceptors (Lipinski definition) is 6. The Bertz CT molecular complexity index is 1480. The number of fused-ring (bicyclic) bond motifs is 2. The van der Waals surface area contributed by atoms with Crippen molar-refractivity contribution in [3.63, 3.8) is 0 Å². The number of aliphatic hydroxyl groups is 1. The zero-order valence-corrected chi connectivity index (χ0v) is 18.3. The van der Waals surface area contributed by atoms with Crippen LogP contribution in [0.15, 0.2) is 35.0 Å². The van der Waals surface area contributed by atoms with Gasteiger partial charge in [0, 0.05) is 18.7 Å². The van der Waals surface area contributed by atoms with Crippen molar-refractivity contribution in [2.75, 3.05) is 6.54 Å². The summed E-state index contributed by atoms with van der Waals surface area (Å²) in [5.74, 6) is -2.05. The van der Waals surface area contributed by atoms with Gasteiger partial charge in [0.1, 0.15) is 17.3 Å². The van der Waals surface area contributed by atoms with Crippen molar-refractivity contribution >= 4 is 11.4 Å². The van der Waals surface area contributed by atoms with Gasteiger partial charge < -0.3 is 19.4 Å². The van der Waals surface area contributed by atoms with Crippen LogP contribution in [0.1, 0.15) is 70.2 Å². The van der Waals surface area contributed by atoms with Crippen molar-refractivity contribution in [2.24, 2.45) is 0 Å². The first kappa shape index (κ1) is 22.6. The lowest BCUT2D eigenvalue weighted by Crippen LogP contribution is -2.41. The van der Waals surface area contributed by atoms with E-state index in [-0.39, 0.29) is 42.9 Å². The predicted octanol–water partition coefficient (Wildman–Crippen LogP) is 3.77. The molecule has 1 aliphatic heterocycles. The first-order chi connectivity index (χ1) is 17.1. The van der Waals surface area contributed by atoms with Gasteiger partial charge in [0.05, 0.1) is 23.2 Å². The number of aromatic nitrogens is 5. The molecule has 1 fully saturated rings. The van der Waals surface area contributed by atoms with Crippen LogP contribution in [0.5, 0.6) is 0 Å². The Kier molecular flexibility index (Phi) is 4.78. The van der Waals surface area contributed by atoms with Crippen molar-refractivity contribution in [2.45, 2.75) is 43.5 Å². The number of nitrogens with zero attached hydrogens (tertiary/aromatic N) is 5. The number of amides is 1. The van der Waals surface area contributed by atoms with Gasteiger partial charge in [-0.05, 0) is 31.0 Å². The Morgan fingerprint density at radius 1 is 1.28 bits per heavy atom. The van der Waals surface area contributed by atoms with Crippen LogP contribution in [-0.2, 0) is 18.2 Å². The monoisotopic (exact) mass is 508 g/mol. The second kappa shape index (κ2) is 7.59. The summed E-state index contributed by atoms with van der Waals surface area (Å²) in [6, 6.07) is 3.84. The summed E-state index contributed by atoms with van der Waals surface area (Å²) < 4.78 is 74.3. The maximum Gasteiger partial charge on any atom is 0.433 e. The molecular formula is C22H17F5N6O3. The number of pyridine rings is 1. The van der Waals surface area contributed by atoms with Crippen molar-refractivity contribution < 1.29 is 36.3 Å². The van der Waals surface area contributed by atoms with Gasteiger partial charge in [0.25, 0.3) is 12.3 Å². The highest BCUT2D eigenvalue weighted by Gasteiger charge is 2.49. The molecule has 4 aromatic heterocycles. The van der Waals surface area contributed by atoms with Gasteiger partial charge in [0.2, 0.25) is 11.7 Å². The molecule has 36 heavy (non-hydrogen) atoms. The molecule has 0 spiro atoms. The number of carbonyl (C=O) groups excluding carboxylic acids is 1. The van der Waals surface area contributed by atoms with E-state index in [2.05, 4.69) is 20.1 Å². The zero-order valence-electron chi connectivity index (χ0n) is 18.3. The minimum absolute atomic E-state index is 0.0155.